The second-order valence-corrected chi connectivity index (χ2v) is 4.16. The summed E-state index contributed by atoms with van der Waals surface area (Å²) >= 11 is 5.71. The highest BCUT2D eigenvalue weighted by Gasteiger charge is 2.26. The lowest BCUT2D eigenvalue weighted by Crippen LogP contribution is -2.35. The standard InChI is InChI=1S/C11H12ClF4NO/c1-7(5-17-6-11(14,15)16)18-10-3-2-8(13)4-9(10)12/h2-4,7,17H,5-6H2,1H3. The molecule has 0 heterocycles. The Morgan fingerprint density at radius 3 is 2.61 bits per heavy atom. The van der Waals surface area contributed by atoms with Gasteiger partial charge in [0.2, 0.25) is 0 Å². The van der Waals surface area contributed by atoms with Crippen LogP contribution >= 0.6 is 11.6 Å². The average molecular weight is 286 g/mol. The number of hydrogen-bond donors (Lipinski definition) is 1. The molecule has 1 N–H and O–H groups in total. The van der Waals surface area contributed by atoms with Crippen LogP contribution in [0.1, 0.15) is 6.92 Å². The normalized spacial score (nSPS) is 13.4. The van der Waals surface area contributed by atoms with Gasteiger partial charge in [-0.15, -0.1) is 0 Å². The minimum atomic E-state index is -4.26. The Morgan fingerprint density at radius 2 is 2.06 bits per heavy atom. The minimum Gasteiger partial charge on any atom is -0.488 e. The van der Waals surface area contributed by atoms with E-state index < -0.39 is 24.6 Å². The summed E-state index contributed by atoms with van der Waals surface area (Å²) in [4.78, 5) is 0. The molecular weight excluding hydrogens is 274 g/mol. The van der Waals surface area contributed by atoms with E-state index in [4.69, 9.17) is 16.3 Å². The first-order valence-corrected chi connectivity index (χ1v) is 5.55. The van der Waals surface area contributed by atoms with Crippen LogP contribution in [0, 0.1) is 5.82 Å². The van der Waals surface area contributed by atoms with Gasteiger partial charge in [0.1, 0.15) is 17.7 Å². The van der Waals surface area contributed by atoms with Crippen LogP contribution in [0.15, 0.2) is 18.2 Å². The van der Waals surface area contributed by atoms with Crippen LogP contribution in [0.4, 0.5) is 17.6 Å². The van der Waals surface area contributed by atoms with Gasteiger partial charge in [-0.3, -0.25) is 0 Å². The summed E-state index contributed by atoms with van der Waals surface area (Å²) in [5.74, 6) is -0.269. The van der Waals surface area contributed by atoms with Crippen LogP contribution in [-0.4, -0.2) is 25.4 Å². The van der Waals surface area contributed by atoms with Crippen molar-refractivity contribution in [3.8, 4) is 5.75 Å². The van der Waals surface area contributed by atoms with Crippen molar-refractivity contribution in [1.82, 2.24) is 5.32 Å². The molecule has 18 heavy (non-hydrogen) atoms. The van der Waals surface area contributed by atoms with Crippen molar-refractivity contribution in [2.45, 2.75) is 19.2 Å². The molecule has 0 amide bonds. The Kier molecular flexibility index (Phi) is 5.22. The largest absolute Gasteiger partial charge is 0.488 e. The highest BCUT2D eigenvalue weighted by atomic mass is 35.5. The van der Waals surface area contributed by atoms with Crippen molar-refractivity contribution in [3.05, 3.63) is 29.0 Å². The number of alkyl halides is 3. The number of rotatable bonds is 5. The summed E-state index contributed by atoms with van der Waals surface area (Å²) in [6, 6.07) is 3.57. The Hall–Kier alpha value is -1.01. The molecule has 102 valence electrons. The van der Waals surface area contributed by atoms with Crippen LogP contribution in [-0.2, 0) is 0 Å². The van der Waals surface area contributed by atoms with Crippen molar-refractivity contribution >= 4 is 11.6 Å². The van der Waals surface area contributed by atoms with E-state index in [0.29, 0.717) is 0 Å². The summed E-state index contributed by atoms with van der Waals surface area (Å²) in [5, 5.41) is 2.29. The van der Waals surface area contributed by atoms with Gasteiger partial charge >= 0.3 is 6.18 Å². The fraction of sp³-hybridized carbons (Fsp3) is 0.455. The van der Waals surface area contributed by atoms with Gasteiger partial charge in [-0.05, 0) is 25.1 Å². The van der Waals surface area contributed by atoms with Crippen molar-refractivity contribution in [1.29, 1.82) is 0 Å². The first-order chi connectivity index (χ1) is 8.28. The summed E-state index contributed by atoms with van der Waals surface area (Å²) in [6.45, 7) is 0.508. The molecule has 1 aromatic rings. The van der Waals surface area contributed by atoms with Crippen LogP contribution < -0.4 is 10.1 Å². The highest BCUT2D eigenvalue weighted by Crippen LogP contribution is 2.25. The maximum atomic E-state index is 12.7. The van der Waals surface area contributed by atoms with Gasteiger partial charge < -0.3 is 10.1 Å². The molecule has 0 bridgehead atoms. The molecule has 0 saturated heterocycles. The maximum Gasteiger partial charge on any atom is 0.401 e. The van der Waals surface area contributed by atoms with Gasteiger partial charge in [0, 0.05) is 6.54 Å². The van der Waals surface area contributed by atoms with Gasteiger partial charge in [-0.25, -0.2) is 4.39 Å². The second-order valence-electron chi connectivity index (χ2n) is 3.75. The Bertz CT molecular complexity index is 397. The first kappa shape index (κ1) is 15.0. The van der Waals surface area contributed by atoms with Crippen molar-refractivity contribution in [2.24, 2.45) is 0 Å². The molecule has 1 aromatic carbocycles. The van der Waals surface area contributed by atoms with Crippen molar-refractivity contribution in [2.75, 3.05) is 13.1 Å². The average Bonchev–Trinajstić information content (AvgIpc) is 2.20. The zero-order chi connectivity index (χ0) is 13.8. The van der Waals surface area contributed by atoms with Crippen LogP contribution in [0.25, 0.3) is 0 Å². The SMILES string of the molecule is CC(CNCC(F)(F)F)Oc1ccc(F)cc1Cl. The fourth-order valence-corrected chi connectivity index (χ4v) is 1.46. The second kappa shape index (κ2) is 6.24. The lowest BCUT2D eigenvalue weighted by molar-refractivity contribution is -0.125. The number of ether oxygens (including phenoxy) is 1. The number of hydrogen-bond acceptors (Lipinski definition) is 2. The summed E-state index contributed by atoms with van der Waals surface area (Å²) in [7, 11) is 0. The first-order valence-electron chi connectivity index (χ1n) is 5.17. The number of nitrogens with one attached hydrogen (secondary N) is 1. The number of halogens is 5. The predicted molar refractivity (Wildman–Crippen MR) is 60.4 cm³/mol. The lowest BCUT2D eigenvalue weighted by atomic mass is 10.3. The van der Waals surface area contributed by atoms with Crippen LogP contribution in [0.3, 0.4) is 0 Å². The molecule has 1 atom stereocenters. The molecule has 2 nitrogen and oxygen atoms in total. The van der Waals surface area contributed by atoms with Gasteiger partial charge in [0.15, 0.2) is 0 Å². The monoisotopic (exact) mass is 285 g/mol. The quantitative estimate of drug-likeness (QED) is 0.837. The molecule has 0 aliphatic heterocycles. The van der Waals surface area contributed by atoms with Crippen molar-refractivity contribution < 1.29 is 22.3 Å². The van der Waals surface area contributed by atoms with Gasteiger partial charge in [0.25, 0.3) is 0 Å². The van der Waals surface area contributed by atoms with E-state index in [9.17, 15) is 17.6 Å². The van der Waals surface area contributed by atoms with Crippen molar-refractivity contribution in [3.63, 3.8) is 0 Å². The molecular formula is C11H12ClF4NO. The van der Waals surface area contributed by atoms with Gasteiger partial charge in [-0.2, -0.15) is 13.2 Å². The molecule has 0 radical (unpaired) electrons. The van der Waals surface area contributed by atoms with E-state index in [1.807, 2.05) is 0 Å². The lowest BCUT2D eigenvalue weighted by Gasteiger charge is -2.17. The summed E-state index contributed by atoms with van der Waals surface area (Å²) in [5.41, 5.74) is 0. The molecule has 0 aliphatic carbocycles. The molecule has 0 spiro atoms. The smallest absolute Gasteiger partial charge is 0.401 e. The zero-order valence-electron chi connectivity index (χ0n) is 9.52. The van der Waals surface area contributed by atoms with E-state index in [-0.39, 0.29) is 17.3 Å². The molecule has 1 unspecified atom stereocenters. The third-order valence-electron chi connectivity index (χ3n) is 1.98. The van der Waals surface area contributed by atoms with Crippen LogP contribution in [0.5, 0.6) is 5.75 Å². The molecule has 7 heteroatoms. The van der Waals surface area contributed by atoms with Crippen LogP contribution in [0.2, 0.25) is 5.02 Å². The third-order valence-corrected chi connectivity index (χ3v) is 2.27. The maximum absolute atomic E-state index is 12.7. The highest BCUT2D eigenvalue weighted by molar-refractivity contribution is 6.32. The Morgan fingerprint density at radius 1 is 1.39 bits per heavy atom. The predicted octanol–water partition coefficient (Wildman–Crippen LogP) is 3.40. The molecule has 0 saturated carbocycles. The number of benzene rings is 1. The molecule has 0 aromatic heterocycles. The van der Waals surface area contributed by atoms with E-state index in [2.05, 4.69) is 5.32 Å². The fourth-order valence-electron chi connectivity index (χ4n) is 1.25. The van der Waals surface area contributed by atoms with E-state index in [1.54, 1.807) is 6.92 Å². The third kappa shape index (κ3) is 5.55. The molecule has 0 fully saturated rings. The summed E-state index contributed by atoms with van der Waals surface area (Å²) in [6.07, 6.45) is -4.77. The van der Waals surface area contributed by atoms with E-state index >= 15 is 0 Å². The Balaban J connectivity index is 2.42. The minimum absolute atomic E-state index is 0.00716. The van der Waals surface area contributed by atoms with E-state index in [1.165, 1.54) is 6.07 Å². The molecule has 1 rings (SSSR count). The van der Waals surface area contributed by atoms with Gasteiger partial charge in [-0.1, -0.05) is 11.6 Å². The topological polar surface area (TPSA) is 21.3 Å². The molecule has 0 aliphatic rings. The van der Waals surface area contributed by atoms with Gasteiger partial charge in [0.05, 0.1) is 11.6 Å². The van der Waals surface area contributed by atoms with E-state index in [0.717, 1.165) is 12.1 Å². The summed E-state index contributed by atoms with van der Waals surface area (Å²) < 4.78 is 53.7. The Labute approximate surface area is 107 Å². The zero-order valence-corrected chi connectivity index (χ0v) is 10.3.